The number of ether oxygens (including phenoxy) is 2. The molecule has 0 aliphatic carbocycles. The summed E-state index contributed by atoms with van der Waals surface area (Å²) < 4.78 is 13.7. The molecule has 26 heavy (non-hydrogen) atoms. The second-order valence-electron chi connectivity index (χ2n) is 6.46. The predicted octanol–water partition coefficient (Wildman–Crippen LogP) is 3.66. The fraction of sp³-hybridized carbons (Fsp3) is 0.400. The zero-order valence-corrected chi connectivity index (χ0v) is 16.6. The zero-order chi connectivity index (χ0) is 18.4. The second kappa shape index (κ2) is 9.22. The molecular weight excluding hydrogens is 393 g/mol. The van der Waals surface area contributed by atoms with Gasteiger partial charge in [-0.3, -0.25) is 0 Å². The third kappa shape index (κ3) is 4.67. The fourth-order valence-electron chi connectivity index (χ4n) is 3.08. The van der Waals surface area contributed by atoms with Gasteiger partial charge in [0.1, 0.15) is 0 Å². The Bertz CT molecular complexity index is 737. The number of benzene rings is 2. The van der Waals surface area contributed by atoms with Crippen molar-refractivity contribution in [2.45, 2.75) is 43.7 Å². The number of azide groups is 1. The van der Waals surface area contributed by atoms with Crippen LogP contribution < -0.4 is 4.46 Å². The van der Waals surface area contributed by atoms with Crippen LogP contribution >= 0.6 is 0 Å². The number of rotatable bonds is 6. The van der Waals surface area contributed by atoms with Gasteiger partial charge in [0, 0.05) is 0 Å². The van der Waals surface area contributed by atoms with Gasteiger partial charge < -0.3 is 0 Å². The van der Waals surface area contributed by atoms with E-state index in [1.165, 1.54) is 4.46 Å². The van der Waals surface area contributed by atoms with E-state index in [2.05, 4.69) is 36.0 Å². The summed E-state index contributed by atoms with van der Waals surface area (Å²) in [6.45, 7) is 4.68. The maximum atomic E-state index is 9.11. The first-order valence-corrected chi connectivity index (χ1v) is 10.6. The molecule has 136 valence electrons. The van der Waals surface area contributed by atoms with Gasteiger partial charge in [0.05, 0.1) is 0 Å². The monoisotopic (exact) mass is 417 g/mol. The third-order valence-corrected chi connectivity index (χ3v) is 7.14. The number of hydrogen-bond donors (Lipinski definition) is 0. The molecule has 0 saturated carbocycles. The first kappa shape index (κ1) is 19.0. The van der Waals surface area contributed by atoms with Gasteiger partial charge in [0.15, 0.2) is 0 Å². The Morgan fingerprint density at radius 2 is 1.73 bits per heavy atom. The van der Waals surface area contributed by atoms with Crippen LogP contribution in [0.4, 0.5) is 0 Å². The Hall–Kier alpha value is -1.81. The molecule has 0 spiro atoms. The summed E-state index contributed by atoms with van der Waals surface area (Å²) >= 11 is 0.0445. The Kier molecular flexibility index (Phi) is 6.73. The van der Waals surface area contributed by atoms with Crippen molar-refractivity contribution in [1.82, 2.24) is 0 Å². The van der Waals surface area contributed by atoms with Gasteiger partial charge in [-0.2, -0.15) is 0 Å². The third-order valence-electron chi connectivity index (χ3n) is 4.69. The van der Waals surface area contributed by atoms with Crippen LogP contribution in [-0.4, -0.2) is 38.2 Å². The Labute approximate surface area is 160 Å². The summed E-state index contributed by atoms with van der Waals surface area (Å²) in [6, 6.07) is 20.0. The van der Waals surface area contributed by atoms with Crippen LogP contribution in [0, 0.1) is 5.92 Å². The van der Waals surface area contributed by atoms with E-state index in [0.717, 1.165) is 5.56 Å². The molecule has 2 aromatic rings. The minimum absolute atomic E-state index is 0.0445. The van der Waals surface area contributed by atoms with Crippen molar-refractivity contribution in [1.29, 1.82) is 0 Å². The average molecular weight is 416 g/mol. The molecule has 1 aliphatic rings. The van der Waals surface area contributed by atoms with Gasteiger partial charge in [-0.05, 0) is 0 Å². The summed E-state index contributed by atoms with van der Waals surface area (Å²) in [6.07, 6.45) is -0.109. The normalized spacial score (nSPS) is 28.3. The summed E-state index contributed by atoms with van der Waals surface area (Å²) in [4.78, 5) is 3.09. The SMILES string of the molecule is CC1O[C@H]([Se]c2ccccc2)C(N=[N+]=[N-])[C@@H](OCc2ccccc2)[C@@H]1C. The van der Waals surface area contributed by atoms with E-state index in [4.69, 9.17) is 15.0 Å². The molecule has 0 radical (unpaired) electrons. The Morgan fingerprint density at radius 1 is 1.08 bits per heavy atom. The predicted molar refractivity (Wildman–Crippen MR) is 103 cm³/mol. The summed E-state index contributed by atoms with van der Waals surface area (Å²) in [5.74, 6) is 0.150. The molecule has 1 saturated heterocycles. The van der Waals surface area contributed by atoms with Crippen molar-refractivity contribution in [3.05, 3.63) is 76.7 Å². The molecule has 2 aromatic carbocycles. The van der Waals surface area contributed by atoms with E-state index in [1.54, 1.807) is 0 Å². The minimum atomic E-state index is -0.324. The van der Waals surface area contributed by atoms with Crippen molar-refractivity contribution in [3.63, 3.8) is 0 Å². The van der Waals surface area contributed by atoms with Crippen molar-refractivity contribution in [3.8, 4) is 0 Å². The van der Waals surface area contributed by atoms with E-state index in [0.29, 0.717) is 6.61 Å². The van der Waals surface area contributed by atoms with E-state index < -0.39 is 0 Å². The quantitative estimate of drug-likeness (QED) is 0.312. The van der Waals surface area contributed by atoms with Crippen LogP contribution in [0.25, 0.3) is 10.4 Å². The van der Waals surface area contributed by atoms with E-state index in [9.17, 15) is 0 Å². The molecule has 2 unspecified atom stereocenters. The number of hydrogen-bond acceptors (Lipinski definition) is 3. The van der Waals surface area contributed by atoms with Crippen LogP contribution in [0.1, 0.15) is 19.4 Å². The molecule has 0 aromatic heterocycles. The molecule has 6 heteroatoms. The fourth-order valence-corrected chi connectivity index (χ4v) is 5.51. The van der Waals surface area contributed by atoms with Gasteiger partial charge in [-0.1, -0.05) is 0 Å². The molecule has 5 atom stereocenters. The molecule has 1 aliphatic heterocycles. The van der Waals surface area contributed by atoms with Crippen molar-refractivity contribution in [2.75, 3.05) is 0 Å². The van der Waals surface area contributed by atoms with Gasteiger partial charge in [0.25, 0.3) is 0 Å². The van der Waals surface area contributed by atoms with E-state index >= 15 is 0 Å². The molecule has 0 N–H and O–H groups in total. The first-order valence-electron chi connectivity index (χ1n) is 8.76. The number of nitrogens with zero attached hydrogens (tertiary/aromatic N) is 3. The van der Waals surface area contributed by atoms with Gasteiger partial charge in [0.2, 0.25) is 0 Å². The van der Waals surface area contributed by atoms with E-state index in [1.807, 2.05) is 48.5 Å². The van der Waals surface area contributed by atoms with Gasteiger partial charge in [-0.25, -0.2) is 0 Å². The summed E-state index contributed by atoms with van der Waals surface area (Å²) in [7, 11) is 0. The molecule has 0 amide bonds. The Morgan fingerprint density at radius 3 is 2.38 bits per heavy atom. The van der Waals surface area contributed by atoms with Crippen LogP contribution in [0.15, 0.2) is 65.8 Å². The Balaban J connectivity index is 1.78. The summed E-state index contributed by atoms with van der Waals surface area (Å²) in [5, 5.41) is 3.95. The van der Waals surface area contributed by atoms with Crippen molar-refractivity contribution in [2.24, 2.45) is 11.0 Å². The van der Waals surface area contributed by atoms with Gasteiger partial charge >= 0.3 is 160 Å². The topological polar surface area (TPSA) is 67.2 Å². The second-order valence-corrected chi connectivity index (χ2v) is 8.91. The molecule has 3 rings (SSSR count). The van der Waals surface area contributed by atoms with E-state index in [-0.39, 0.29) is 44.1 Å². The maximum absolute atomic E-state index is 9.11. The first-order chi connectivity index (χ1) is 12.7. The molecule has 1 fully saturated rings. The van der Waals surface area contributed by atoms with Crippen molar-refractivity contribution < 1.29 is 9.47 Å². The molecule has 1 heterocycles. The average Bonchev–Trinajstić information content (AvgIpc) is 2.67. The van der Waals surface area contributed by atoms with Gasteiger partial charge in [-0.15, -0.1) is 0 Å². The van der Waals surface area contributed by atoms with Crippen molar-refractivity contribution >= 4 is 19.4 Å². The molecule has 0 bridgehead atoms. The van der Waals surface area contributed by atoms with Crippen LogP contribution in [0.3, 0.4) is 0 Å². The van der Waals surface area contributed by atoms with Crippen LogP contribution in [0.2, 0.25) is 0 Å². The standard InChI is InChI=1S/C20H23N3O2Se/c1-14-15(2)25-20(26-17-11-7-4-8-12-17)18(22-23-21)19(14)24-13-16-9-5-3-6-10-16/h3-12,14-15,18-20H,13H2,1-2H3/t14-,15?,18?,19+,20-/m1/s1. The molecule has 5 nitrogen and oxygen atoms in total. The zero-order valence-electron chi connectivity index (χ0n) is 14.9. The van der Waals surface area contributed by atoms with Crippen LogP contribution in [0.5, 0.6) is 0 Å². The summed E-state index contributed by atoms with van der Waals surface area (Å²) in [5.41, 5.74) is 10.2. The molecular formula is C20H23N3O2Se. The van der Waals surface area contributed by atoms with Crippen LogP contribution in [-0.2, 0) is 16.1 Å².